The molecule has 1 aliphatic carbocycles. The number of carbonyl (C=O) groups excluding carboxylic acids is 1. The molecule has 0 aliphatic heterocycles. The molecule has 1 saturated carbocycles. The average Bonchev–Trinajstić information content (AvgIpc) is 3.09. The lowest BCUT2D eigenvalue weighted by Crippen LogP contribution is -2.41. The normalized spacial score (nSPS) is 16.7. The van der Waals surface area contributed by atoms with Crippen LogP contribution < -0.4 is 10.6 Å². The van der Waals surface area contributed by atoms with Crippen LogP contribution in [0.25, 0.3) is 0 Å². The van der Waals surface area contributed by atoms with E-state index in [0.717, 1.165) is 29.0 Å². The minimum absolute atomic E-state index is 0.0857. The van der Waals surface area contributed by atoms with Gasteiger partial charge in [-0.15, -0.1) is 11.3 Å². The van der Waals surface area contributed by atoms with E-state index in [0.29, 0.717) is 6.04 Å². The summed E-state index contributed by atoms with van der Waals surface area (Å²) >= 11 is 1.62. The number of thiophene rings is 1. The Morgan fingerprint density at radius 3 is 2.61 bits per heavy atom. The van der Waals surface area contributed by atoms with Crippen molar-refractivity contribution < 1.29 is 4.79 Å². The average molecular weight is 328 g/mol. The Morgan fingerprint density at radius 2 is 1.91 bits per heavy atom. The topological polar surface area (TPSA) is 41.1 Å². The van der Waals surface area contributed by atoms with Gasteiger partial charge in [0.1, 0.15) is 6.04 Å². The van der Waals surface area contributed by atoms with Crippen LogP contribution in [0.5, 0.6) is 0 Å². The molecule has 3 rings (SSSR count). The number of carbonyl (C=O) groups is 1. The predicted octanol–water partition coefficient (Wildman–Crippen LogP) is 4.66. The second kappa shape index (κ2) is 7.64. The second-order valence-corrected chi connectivity index (χ2v) is 7.23. The molecule has 122 valence electrons. The predicted molar refractivity (Wildman–Crippen MR) is 96.9 cm³/mol. The van der Waals surface area contributed by atoms with Gasteiger partial charge in [0.2, 0.25) is 5.91 Å². The van der Waals surface area contributed by atoms with Gasteiger partial charge in [0.25, 0.3) is 0 Å². The zero-order chi connectivity index (χ0) is 16.1. The van der Waals surface area contributed by atoms with Crippen LogP contribution in [0.4, 0.5) is 5.69 Å². The molecule has 1 aromatic heterocycles. The zero-order valence-corrected chi connectivity index (χ0v) is 14.4. The molecule has 0 spiro atoms. The second-order valence-electron chi connectivity index (χ2n) is 6.25. The summed E-state index contributed by atoms with van der Waals surface area (Å²) in [5.74, 6) is 0.0857. The van der Waals surface area contributed by atoms with Crippen molar-refractivity contribution in [2.75, 3.05) is 5.32 Å². The first kappa shape index (κ1) is 16.1. The van der Waals surface area contributed by atoms with Crippen LogP contribution in [0, 0.1) is 6.92 Å². The first-order chi connectivity index (χ1) is 11.2. The Balaban J connectivity index is 1.75. The van der Waals surface area contributed by atoms with E-state index in [-0.39, 0.29) is 11.9 Å². The van der Waals surface area contributed by atoms with Gasteiger partial charge in [-0.3, -0.25) is 4.79 Å². The molecule has 1 amide bonds. The molecule has 1 atom stereocenters. The van der Waals surface area contributed by atoms with Crippen LogP contribution in [0.2, 0.25) is 0 Å². The number of anilines is 1. The number of para-hydroxylation sites is 1. The smallest absolute Gasteiger partial charge is 0.248 e. The minimum atomic E-state index is -0.321. The molecule has 1 aromatic carbocycles. The maximum Gasteiger partial charge on any atom is 0.248 e. The number of amides is 1. The van der Waals surface area contributed by atoms with Crippen molar-refractivity contribution in [2.24, 2.45) is 0 Å². The van der Waals surface area contributed by atoms with Gasteiger partial charge in [-0.1, -0.05) is 43.5 Å². The van der Waals surface area contributed by atoms with Gasteiger partial charge in [0, 0.05) is 16.6 Å². The van der Waals surface area contributed by atoms with Crippen molar-refractivity contribution in [3.63, 3.8) is 0 Å². The summed E-state index contributed by atoms with van der Waals surface area (Å²) in [7, 11) is 0. The SMILES string of the molecule is Cc1ccccc1NC(C(=O)NC1CCCCC1)c1cccs1. The standard InChI is InChI=1S/C19H24N2OS/c1-14-8-5-6-11-16(14)21-18(17-12-7-13-23-17)19(22)20-15-9-3-2-4-10-15/h5-8,11-13,15,18,21H,2-4,9-10H2,1H3,(H,20,22). The number of aryl methyl sites for hydroxylation is 1. The molecule has 1 aliphatic rings. The summed E-state index contributed by atoms with van der Waals surface area (Å²) in [6.07, 6.45) is 5.95. The van der Waals surface area contributed by atoms with Crippen molar-refractivity contribution >= 4 is 22.9 Å². The highest BCUT2D eigenvalue weighted by Crippen LogP contribution is 2.26. The van der Waals surface area contributed by atoms with E-state index in [4.69, 9.17) is 0 Å². The maximum absolute atomic E-state index is 12.9. The number of hydrogen-bond donors (Lipinski definition) is 2. The maximum atomic E-state index is 12.9. The molecule has 1 fully saturated rings. The number of nitrogens with one attached hydrogen (secondary N) is 2. The van der Waals surface area contributed by atoms with Gasteiger partial charge in [0.05, 0.1) is 0 Å². The molecular weight excluding hydrogens is 304 g/mol. The Labute approximate surface area is 142 Å². The molecule has 0 bridgehead atoms. The van der Waals surface area contributed by atoms with Crippen molar-refractivity contribution in [2.45, 2.75) is 51.1 Å². The summed E-state index contributed by atoms with van der Waals surface area (Å²) in [6.45, 7) is 2.06. The molecule has 1 unspecified atom stereocenters. The Kier molecular flexibility index (Phi) is 5.34. The summed E-state index contributed by atoms with van der Waals surface area (Å²) < 4.78 is 0. The number of benzene rings is 1. The number of hydrogen-bond acceptors (Lipinski definition) is 3. The van der Waals surface area contributed by atoms with Gasteiger partial charge in [-0.2, -0.15) is 0 Å². The van der Waals surface area contributed by atoms with Crippen LogP contribution in [0.3, 0.4) is 0 Å². The monoisotopic (exact) mass is 328 g/mol. The van der Waals surface area contributed by atoms with E-state index in [2.05, 4.69) is 23.6 Å². The summed E-state index contributed by atoms with van der Waals surface area (Å²) in [5, 5.41) is 8.71. The van der Waals surface area contributed by atoms with Crippen LogP contribution in [0.1, 0.15) is 48.6 Å². The fraction of sp³-hybridized carbons (Fsp3) is 0.421. The van der Waals surface area contributed by atoms with Gasteiger partial charge in [-0.25, -0.2) is 0 Å². The lowest BCUT2D eigenvalue weighted by atomic mass is 9.95. The van der Waals surface area contributed by atoms with E-state index in [1.54, 1.807) is 11.3 Å². The molecule has 23 heavy (non-hydrogen) atoms. The fourth-order valence-electron chi connectivity index (χ4n) is 3.14. The third-order valence-electron chi connectivity index (χ3n) is 4.49. The molecule has 1 heterocycles. The first-order valence-electron chi connectivity index (χ1n) is 8.40. The van der Waals surface area contributed by atoms with Gasteiger partial charge in [0.15, 0.2) is 0 Å². The largest absolute Gasteiger partial charge is 0.369 e. The lowest BCUT2D eigenvalue weighted by Gasteiger charge is -2.26. The summed E-state index contributed by atoms with van der Waals surface area (Å²) in [4.78, 5) is 13.9. The third-order valence-corrected chi connectivity index (χ3v) is 5.42. The van der Waals surface area contributed by atoms with E-state index in [1.807, 2.05) is 35.7 Å². The highest BCUT2D eigenvalue weighted by Gasteiger charge is 2.25. The van der Waals surface area contributed by atoms with Gasteiger partial charge >= 0.3 is 0 Å². The highest BCUT2D eigenvalue weighted by atomic mass is 32.1. The number of rotatable bonds is 5. The molecule has 4 heteroatoms. The van der Waals surface area contributed by atoms with Crippen LogP contribution in [0.15, 0.2) is 41.8 Å². The van der Waals surface area contributed by atoms with Crippen molar-refractivity contribution in [3.05, 3.63) is 52.2 Å². The Morgan fingerprint density at radius 1 is 1.13 bits per heavy atom. The van der Waals surface area contributed by atoms with E-state index in [1.165, 1.54) is 19.3 Å². The van der Waals surface area contributed by atoms with Gasteiger partial charge < -0.3 is 10.6 Å². The van der Waals surface area contributed by atoms with E-state index >= 15 is 0 Å². The van der Waals surface area contributed by atoms with Gasteiger partial charge in [-0.05, 0) is 42.8 Å². The highest BCUT2D eigenvalue weighted by molar-refractivity contribution is 7.10. The van der Waals surface area contributed by atoms with Crippen LogP contribution in [-0.2, 0) is 4.79 Å². The van der Waals surface area contributed by atoms with Crippen molar-refractivity contribution in [3.8, 4) is 0 Å². The quantitative estimate of drug-likeness (QED) is 0.838. The molecular formula is C19H24N2OS. The minimum Gasteiger partial charge on any atom is -0.369 e. The van der Waals surface area contributed by atoms with Crippen molar-refractivity contribution in [1.82, 2.24) is 5.32 Å². The van der Waals surface area contributed by atoms with Crippen molar-refractivity contribution in [1.29, 1.82) is 0 Å². The van der Waals surface area contributed by atoms with Crippen LogP contribution in [-0.4, -0.2) is 11.9 Å². The van der Waals surface area contributed by atoms with E-state index < -0.39 is 0 Å². The molecule has 0 saturated heterocycles. The molecule has 2 N–H and O–H groups in total. The first-order valence-corrected chi connectivity index (χ1v) is 9.28. The summed E-state index contributed by atoms with van der Waals surface area (Å²) in [6, 6.07) is 12.1. The molecule has 3 nitrogen and oxygen atoms in total. The van der Waals surface area contributed by atoms with Crippen LogP contribution >= 0.6 is 11.3 Å². The molecule has 0 radical (unpaired) electrons. The Bertz CT molecular complexity index is 633. The third kappa shape index (κ3) is 4.14. The Hall–Kier alpha value is -1.81. The fourth-order valence-corrected chi connectivity index (χ4v) is 3.92. The zero-order valence-electron chi connectivity index (χ0n) is 13.5. The lowest BCUT2D eigenvalue weighted by molar-refractivity contribution is -0.122. The molecule has 2 aromatic rings. The van der Waals surface area contributed by atoms with E-state index in [9.17, 15) is 4.79 Å². The summed E-state index contributed by atoms with van der Waals surface area (Å²) in [5.41, 5.74) is 2.17.